The molecule has 2 aromatic rings. The van der Waals surface area contributed by atoms with Crippen LogP contribution < -0.4 is 0 Å². The Morgan fingerprint density at radius 3 is 2.29 bits per heavy atom. The van der Waals surface area contributed by atoms with Crippen molar-refractivity contribution in [2.75, 3.05) is 0 Å². The van der Waals surface area contributed by atoms with E-state index in [4.69, 9.17) is 6.57 Å². The summed E-state index contributed by atoms with van der Waals surface area (Å²) in [6, 6.07) is 14.1. The van der Waals surface area contributed by atoms with E-state index in [9.17, 15) is 12.8 Å². The smallest absolute Gasteiger partial charge is 0.295 e. The molecular formula is C15H12FNO2S2. The summed E-state index contributed by atoms with van der Waals surface area (Å²) in [5.74, 6) is -0.550. The molecule has 3 nitrogen and oxygen atoms in total. The number of rotatable bonds is 5. The molecule has 1 unspecified atom stereocenters. The van der Waals surface area contributed by atoms with E-state index in [1.807, 2.05) is 6.07 Å². The van der Waals surface area contributed by atoms with Crippen molar-refractivity contribution in [2.24, 2.45) is 0 Å². The van der Waals surface area contributed by atoms with Gasteiger partial charge < -0.3 is 0 Å². The fourth-order valence-electron chi connectivity index (χ4n) is 1.73. The Kier molecular flexibility index (Phi) is 4.99. The topological polar surface area (TPSA) is 38.5 Å². The van der Waals surface area contributed by atoms with E-state index >= 15 is 0 Å². The van der Waals surface area contributed by atoms with Crippen molar-refractivity contribution >= 4 is 19.7 Å². The normalized spacial score (nSPS) is 12.6. The van der Waals surface area contributed by atoms with Gasteiger partial charge in [0.05, 0.1) is 16.5 Å². The van der Waals surface area contributed by atoms with Crippen LogP contribution in [0.1, 0.15) is 16.5 Å². The first-order valence-corrected chi connectivity index (χ1v) is 9.12. The second kappa shape index (κ2) is 6.74. The SMILES string of the molecule is [C-]#[N+]C(SS(=O)(=O)Cc1ccccc1)c1ccc(F)cc1. The molecule has 2 rings (SSSR count). The monoisotopic (exact) mass is 321 g/mol. The maximum Gasteiger partial charge on any atom is 0.308 e. The predicted octanol–water partition coefficient (Wildman–Crippen LogP) is 4.01. The van der Waals surface area contributed by atoms with Crippen LogP contribution in [0, 0.1) is 12.4 Å². The first kappa shape index (κ1) is 15.5. The van der Waals surface area contributed by atoms with Gasteiger partial charge in [0.15, 0.2) is 0 Å². The van der Waals surface area contributed by atoms with E-state index < -0.39 is 20.1 Å². The Bertz CT molecular complexity index is 737. The van der Waals surface area contributed by atoms with Crippen LogP contribution in [0.4, 0.5) is 4.39 Å². The van der Waals surface area contributed by atoms with Crippen LogP contribution in [0.3, 0.4) is 0 Å². The van der Waals surface area contributed by atoms with E-state index in [0.29, 0.717) is 21.9 Å². The third-order valence-electron chi connectivity index (χ3n) is 2.70. The van der Waals surface area contributed by atoms with Crippen LogP contribution in [-0.2, 0) is 14.6 Å². The van der Waals surface area contributed by atoms with Gasteiger partial charge in [0, 0.05) is 5.56 Å². The van der Waals surface area contributed by atoms with E-state index in [1.54, 1.807) is 24.3 Å². The van der Waals surface area contributed by atoms with Gasteiger partial charge in [-0.3, -0.25) is 4.85 Å². The van der Waals surface area contributed by atoms with E-state index in [2.05, 4.69) is 4.85 Å². The Morgan fingerprint density at radius 1 is 1.10 bits per heavy atom. The highest BCUT2D eigenvalue weighted by Crippen LogP contribution is 2.36. The number of nitrogens with zero attached hydrogens (tertiary/aromatic N) is 1. The van der Waals surface area contributed by atoms with Crippen molar-refractivity contribution in [3.05, 3.63) is 83.0 Å². The summed E-state index contributed by atoms with van der Waals surface area (Å²) in [6.07, 6.45) is 0. The molecule has 108 valence electrons. The molecule has 2 aromatic carbocycles. The van der Waals surface area contributed by atoms with Gasteiger partial charge in [-0.15, -0.1) is 0 Å². The molecule has 0 spiro atoms. The maximum atomic E-state index is 12.9. The van der Waals surface area contributed by atoms with Crippen LogP contribution in [0.25, 0.3) is 4.85 Å². The standard InChI is InChI=1S/C15H12FNO2S2/c1-17-15(13-7-9-14(16)10-8-13)20-21(18,19)11-12-5-3-2-4-6-12/h2-10,15H,11H2. The maximum absolute atomic E-state index is 12.9. The zero-order valence-electron chi connectivity index (χ0n) is 10.9. The fraction of sp³-hybridized carbons (Fsp3) is 0.133. The van der Waals surface area contributed by atoms with Crippen molar-refractivity contribution < 1.29 is 12.8 Å². The largest absolute Gasteiger partial charge is 0.308 e. The van der Waals surface area contributed by atoms with Gasteiger partial charge in [-0.25, -0.2) is 19.4 Å². The summed E-state index contributed by atoms with van der Waals surface area (Å²) in [6.45, 7) is 7.16. The number of halogens is 1. The van der Waals surface area contributed by atoms with E-state index in [-0.39, 0.29) is 5.75 Å². The Hall–Kier alpha value is -1.84. The first-order chi connectivity index (χ1) is 10.00. The van der Waals surface area contributed by atoms with Crippen molar-refractivity contribution in [1.29, 1.82) is 0 Å². The molecule has 0 N–H and O–H groups in total. The molecule has 0 fully saturated rings. The van der Waals surface area contributed by atoms with Gasteiger partial charge in [-0.05, 0) is 29.8 Å². The first-order valence-electron chi connectivity index (χ1n) is 6.07. The molecular weight excluding hydrogens is 309 g/mol. The highest BCUT2D eigenvalue weighted by Gasteiger charge is 2.26. The molecule has 0 amide bonds. The summed E-state index contributed by atoms with van der Waals surface area (Å²) in [4.78, 5) is 3.33. The Balaban J connectivity index is 2.14. The molecule has 0 aliphatic rings. The minimum atomic E-state index is -3.50. The zero-order chi connectivity index (χ0) is 15.3. The van der Waals surface area contributed by atoms with Gasteiger partial charge in [0.1, 0.15) is 5.82 Å². The molecule has 0 saturated carbocycles. The van der Waals surface area contributed by atoms with Gasteiger partial charge in [0.25, 0.3) is 0 Å². The van der Waals surface area contributed by atoms with Gasteiger partial charge >= 0.3 is 5.37 Å². The fourth-order valence-corrected chi connectivity index (χ4v) is 4.90. The molecule has 0 radical (unpaired) electrons. The highest BCUT2D eigenvalue weighted by molar-refractivity contribution is 8.71. The van der Waals surface area contributed by atoms with Crippen molar-refractivity contribution in [2.45, 2.75) is 11.1 Å². The van der Waals surface area contributed by atoms with Crippen LogP contribution in [0.2, 0.25) is 0 Å². The van der Waals surface area contributed by atoms with E-state index in [1.165, 1.54) is 24.3 Å². The minimum Gasteiger partial charge on any atom is -0.295 e. The van der Waals surface area contributed by atoms with Crippen LogP contribution in [0.15, 0.2) is 54.6 Å². The quantitative estimate of drug-likeness (QED) is 0.617. The molecule has 0 aromatic heterocycles. The second-order valence-corrected chi connectivity index (χ2v) is 8.46. The van der Waals surface area contributed by atoms with Gasteiger partial charge in [-0.2, -0.15) is 0 Å². The molecule has 0 heterocycles. The summed E-state index contributed by atoms with van der Waals surface area (Å²) in [5.41, 5.74) is 1.15. The lowest BCUT2D eigenvalue weighted by Crippen LogP contribution is -2.02. The van der Waals surface area contributed by atoms with Gasteiger partial charge in [0.2, 0.25) is 8.87 Å². The Labute approximate surface area is 126 Å². The molecule has 0 bridgehead atoms. The molecule has 21 heavy (non-hydrogen) atoms. The highest BCUT2D eigenvalue weighted by atomic mass is 33.1. The van der Waals surface area contributed by atoms with Crippen LogP contribution in [0.5, 0.6) is 0 Å². The summed E-state index contributed by atoms with van der Waals surface area (Å²) < 4.78 is 37.2. The summed E-state index contributed by atoms with van der Waals surface area (Å²) in [7, 11) is -2.90. The average Bonchev–Trinajstić information content (AvgIpc) is 2.46. The summed E-state index contributed by atoms with van der Waals surface area (Å²) >= 11 is 0. The van der Waals surface area contributed by atoms with Crippen LogP contribution >= 0.6 is 10.8 Å². The zero-order valence-corrected chi connectivity index (χ0v) is 12.6. The third-order valence-corrected chi connectivity index (χ3v) is 6.02. The number of benzene rings is 2. The predicted molar refractivity (Wildman–Crippen MR) is 82.4 cm³/mol. The molecule has 1 atom stereocenters. The average molecular weight is 321 g/mol. The van der Waals surface area contributed by atoms with Crippen molar-refractivity contribution in [1.82, 2.24) is 0 Å². The third kappa shape index (κ3) is 4.59. The lowest BCUT2D eigenvalue weighted by molar-refractivity contribution is 0.609. The van der Waals surface area contributed by atoms with Gasteiger partial charge in [-0.1, -0.05) is 30.3 Å². The number of hydrogen-bond donors (Lipinski definition) is 0. The molecule has 0 aliphatic heterocycles. The van der Waals surface area contributed by atoms with Crippen LogP contribution in [-0.4, -0.2) is 8.42 Å². The van der Waals surface area contributed by atoms with Crippen molar-refractivity contribution in [3.8, 4) is 0 Å². The lowest BCUT2D eigenvalue weighted by atomic mass is 10.2. The lowest BCUT2D eigenvalue weighted by Gasteiger charge is -2.07. The summed E-state index contributed by atoms with van der Waals surface area (Å²) in [5, 5.41) is -0.890. The second-order valence-electron chi connectivity index (χ2n) is 4.32. The number of hydrogen-bond acceptors (Lipinski definition) is 3. The molecule has 6 heteroatoms. The van der Waals surface area contributed by atoms with Crippen molar-refractivity contribution in [3.63, 3.8) is 0 Å². The molecule has 0 saturated heterocycles. The minimum absolute atomic E-state index is 0.133. The Morgan fingerprint density at radius 2 is 1.71 bits per heavy atom. The molecule has 0 aliphatic carbocycles. The van der Waals surface area contributed by atoms with E-state index in [0.717, 1.165) is 0 Å².